The third kappa shape index (κ3) is 6.05. The van der Waals surface area contributed by atoms with Gasteiger partial charge in [0.2, 0.25) is 5.90 Å². The lowest BCUT2D eigenvalue weighted by atomic mass is 10.1. The average molecular weight is 342 g/mol. The Morgan fingerprint density at radius 2 is 2.28 bits per heavy atom. The van der Waals surface area contributed by atoms with E-state index >= 15 is 0 Å². The summed E-state index contributed by atoms with van der Waals surface area (Å²) in [6.07, 6.45) is 5.54. The number of nitrogens with one attached hydrogen (secondary N) is 2. The van der Waals surface area contributed by atoms with Gasteiger partial charge in [-0.15, -0.1) is 0 Å². The summed E-state index contributed by atoms with van der Waals surface area (Å²) >= 11 is 0. The zero-order valence-electron chi connectivity index (χ0n) is 14.4. The van der Waals surface area contributed by atoms with Gasteiger partial charge in [0.1, 0.15) is 18.2 Å². The lowest BCUT2D eigenvalue weighted by molar-refractivity contribution is 0.288. The molecule has 25 heavy (non-hydrogen) atoms. The summed E-state index contributed by atoms with van der Waals surface area (Å²) in [5.41, 5.74) is 0.649. The van der Waals surface area contributed by atoms with E-state index in [0.29, 0.717) is 23.3 Å². The number of hydrogen-bond acceptors (Lipinski definition) is 5. The first-order chi connectivity index (χ1) is 12.1. The van der Waals surface area contributed by atoms with Crippen molar-refractivity contribution in [3.05, 3.63) is 59.7 Å². The molecule has 1 saturated heterocycles. The molecule has 0 aromatic heterocycles. The second-order valence-electron chi connectivity index (χ2n) is 5.77. The topological polar surface area (TPSA) is 69.4 Å². The number of aliphatic imine (C=N–C) groups is 1. The second kappa shape index (κ2) is 9.60. The van der Waals surface area contributed by atoms with Gasteiger partial charge in [-0.05, 0) is 51.1 Å². The molecular weight excluding hydrogens is 319 g/mol. The number of hydrogen-bond donors (Lipinski definition) is 2. The molecule has 0 atom stereocenters. The molecule has 132 valence electrons. The van der Waals surface area contributed by atoms with Crippen LogP contribution in [0.25, 0.3) is 0 Å². The molecule has 0 amide bonds. The van der Waals surface area contributed by atoms with E-state index < -0.39 is 5.82 Å². The molecule has 0 unspecified atom stereocenters. The SMILES string of the molecule is C=C(/N=C(\C=C/C)OCc1ccc(C#N)cc1F)NC1CCNCC1. The molecule has 1 aromatic carbocycles. The molecule has 0 saturated carbocycles. The third-order valence-electron chi connectivity index (χ3n) is 3.82. The Morgan fingerprint density at radius 1 is 1.52 bits per heavy atom. The maximum atomic E-state index is 13.9. The smallest absolute Gasteiger partial charge is 0.215 e. The number of nitriles is 1. The molecule has 1 aliphatic heterocycles. The van der Waals surface area contributed by atoms with Gasteiger partial charge in [0.25, 0.3) is 0 Å². The molecule has 5 nitrogen and oxygen atoms in total. The number of halogens is 1. The van der Waals surface area contributed by atoms with Crippen molar-refractivity contribution >= 4 is 5.90 Å². The van der Waals surface area contributed by atoms with Gasteiger partial charge in [-0.1, -0.05) is 18.7 Å². The van der Waals surface area contributed by atoms with E-state index in [1.54, 1.807) is 24.3 Å². The summed E-state index contributed by atoms with van der Waals surface area (Å²) in [7, 11) is 0. The highest BCUT2D eigenvalue weighted by molar-refractivity contribution is 5.88. The lowest BCUT2D eigenvalue weighted by Crippen LogP contribution is -2.39. The van der Waals surface area contributed by atoms with Crippen LogP contribution in [0.1, 0.15) is 30.9 Å². The van der Waals surface area contributed by atoms with E-state index in [4.69, 9.17) is 10.00 Å². The fraction of sp³-hybridized carbons (Fsp3) is 0.368. The Kier molecular flexibility index (Phi) is 7.17. The van der Waals surface area contributed by atoms with Crippen molar-refractivity contribution < 1.29 is 9.13 Å². The summed E-state index contributed by atoms with van der Waals surface area (Å²) in [4.78, 5) is 4.35. The first-order valence-corrected chi connectivity index (χ1v) is 8.31. The maximum Gasteiger partial charge on any atom is 0.215 e. The van der Waals surface area contributed by atoms with Gasteiger partial charge in [-0.3, -0.25) is 0 Å². The number of piperidine rings is 1. The van der Waals surface area contributed by atoms with Crippen LogP contribution in [-0.4, -0.2) is 25.0 Å². The second-order valence-corrected chi connectivity index (χ2v) is 5.77. The van der Waals surface area contributed by atoms with Gasteiger partial charge in [0.15, 0.2) is 0 Å². The van der Waals surface area contributed by atoms with Crippen LogP contribution in [0.3, 0.4) is 0 Å². The standard InChI is InChI=1S/C19H23FN4O/c1-3-4-19(24-14(2)23-17-7-9-22-10-8-17)25-13-16-6-5-15(12-21)11-18(16)20/h3-6,11,17,22-23H,2,7-10,13H2,1H3/b4-3-,24-19+. The highest BCUT2D eigenvalue weighted by Gasteiger charge is 2.13. The molecule has 0 bridgehead atoms. The molecule has 1 heterocycles. The summed E-state index contributed by atoms with van der Waals surface area (Å²) < 4.78 is 19.5. The van der Waals surface area contributed by atoms with E-state index in [0.717, 1.165) is 25.9 Å². The zero-order chi connectivity index (χ0) is 18.1. The molecule has 2 N–H and O–H groups in total. The summed E-state index contributed by atoms with van der Waals surface area (Å²) in [5.74, 6) is 0.420. The maximum absolute atomic E-state index is 13.9. The van der Waals surface area contributed by atoms with Crippen LogP contribution < -0.4 is 10.6 Å². The lowest BCUT2D eigenvalue weighted by Gasteiger charge is -2.24. The number of allylic oxidation sites excluding steroid dienone is 1. The van der Waals surface area contributed by atoms with Gasteiger partial charge >= 0.3 is 0 Å². The number of rotatable bonds is 6. The molecule has 0 radical (unpaired) electrons. The van der Waals surface area contributed by atoms with Crippen molar-refractivity contribution in [2.24, 2.45) is 4.99 Å². The largest absolute Gasteiger partial charge is 0.473 e. The fourth-order valence-electron chi connectivity index (χ4n) is 2.51. The Morgan fingerprint density at radius 3 is 2.92 bits per heavy atom. The van der Waals surface area contributed by atoms with E-state index in [9.17, 15) is 4.39 Å². The normalized spacial score (nSPS) is 15.8. The van der Waals surface area contributed by atoms with E-state index in [1.165, 1.54) is 6.07 Å². The van der Waals surface area contributed by atoms with E-state index in [-0.39, 0.29) is 12.2 Å². The first kappa shape index (κ1) is 18.7. The minimum absolute atomic E-state index is 0.0291. The molecule has 2 rings (SSSR count). The summed E-state index contributed by atoms with van der Waals surface area (Å²) in [6, 6.07) is 6.56. The van der Waals surface area contributed by atoms with Crippen molar-refractivity contribution in [1.29, 1.82) is 5.26 Å². The van der Waals surface area contributed by atoms with Gasteiger partial charge in [0.05, 0.1) is 11.6 Å². The zero-order valence-corrected chi connectivity index (χ0v) is 14.4. The van der Waals surface area contributed by atoms with Crippen LogP contribution in [0.15, 0.2) is 47.7 Å². The molecule has 0 spiro atoms. The predicted octanol–water partition coefficient (Wildman–Crippen LogP) is 3.00. The van der Waals surface area contributed by atoms with Crippen molar-refractivity contribution in [3.63, 3.8) is 0 Å². The third-order valence-corrected chi connectivity index (χ3v) is 3.82. The number of nitrogens with zero attached hydrogens (tertiary/aromatic N) is 2. The molecule has 0 aliphatic carbocycles. The van der Waals surface area contributed by atoms with Crippen LogP contribution in [0, 0.1) is 17.1 Å². The number of benzene rings is 1. The molecule has 1 aromatic rings. The highest BCUT2D eigenvalue weighted by Crippen LogP contribution is 2.12. The minimum atomic E-state index is -0.467. The van der Waals surface area contributed by atoms with Gasteiger partial charge in [-0.25, -0.2) is 4.39 Å². The summed E-state index contributed by atoms with van der Waals surface area (Å²) in [6.45, 7) is 7.76. The van der Waals surface area contributed by atoms with Gasteiger partial charge in [0, 0.05) is 11.6 Å². The average Bonchev–Trinajstić information content (AvgIpc) is 2.61. The van der Waals surface area contributed by atoms with Gasteiger partial charge in [-0.2, -0.15) is 10.3 Å². The molecule has 1 fully saturated rings. The minimum Gasteiger partial charge on any atom is -0.473 e. The first-order valence-electron chi connectivity index (χ1n) is 8.31. The van der Waals surface area contributed by atoms with E-state index in [2.05, 4.69) is 22.2 Å². The van der Waals surface area contributed by atoms with Crippen LogP contribution in [0.5, 0.6) is 0 Å². The van der Waals surface area contributed by atoms with Crippen molar-refractivity contribution in [3.8, 4) is 6.07 Å². The van der Waals surface area contributed by atoms with Crippen LogP contribution in [0.2, 0.25) is 0 Å². The molecule has 1 aliphatic rings. The Labute approximate surface area is 147 Å². The monoisotopic (exact) mass is 342 g/mol. The van der Waals surface area contributed by atoms with Crippen LogP contribution >= 0.6 is 0 Å². The van der Waals surface area contributed by atoms with Gasteiger partial charge < -0.3 is 15.4 Å². The Balaban J connectivity index is 1.97. The fourth-order valence-corrected chi connectivity index (χ4v) is 2.51. The quantitative estimate of drug-likeness (QED) is 0.616. The molecular formula is C19H23FN4O. The summed E-state index contributed by atoms with van der Waals surface area (Å²) in [5, 5.41) is 15.4. The molecule has 6 heteroatoms. The van der Waals surface area contributed by atoms with Crippen molar-refractivity contribution in [1.82, 2.24) is 10.6 Å². The number of ether oxygens (including phenoxy) is 1. The predicted molar refractivity (Wildman–Crippen MR) is 96.3 cm³/mol. The van der Waals surface area contributed by atoms with Crippen molar-refractivity contribution in [2.75, 3.05) is 13.1 Å². The van der Waals surface area contributed by atoms with Crippen LogP contribution in [-0.2, 0) is 11.3 Å². The van der Waals surface area contributed by atoms with Crippen molar-refractivity contribution in [2.45, 2.75) is 32.4 Å². The Bertz CT molecular complexity index is 700. The van der Waals surface area contributed by atoms with Crippen LogP contribution in [0.4, 0.5) is 4.39 Å². The highest BCUT2D eigenvalue weighted by atomic mass is 19.1. The van der Waals surface area contributed by atoms with E-state index in [1.807, 2.05) is 13.0 Å². The Hall–Kier alpha value is -2.65.